The van der Waals surface area contributed by atoms with Gasteiger partial charge in [-0.2, -0.15) is 17.4 Å². The number of amides is 2. The zero-order valence-corrected chi connectivity index (χ0v) is 19.8. The molecule has 1 aliphatic heterocycles. The molecule has 174 valence electrons. The third-order valence-corrected chi connectivity index (χ3v) is 9.27. The van der Waals surface area contributed by atoms with Crippen molar-refractivity contribution in [1.82, 2.24) is 23.1 Å². The molecule has 11 nitrogen and oxygen atoms in total. The number of nitrogens with zero attached hydrogens (tertiary/aromatic N) is 4. The molecule has 0 atom stereocenters. The highest BCUT2D eigenvalue weighted by Crippen LogP contribution is 2.40. The van der Waals surface area contributed by atoms with E-state index in [2.05, 4.69) is 4.72 Å². The van der Waals surface area contributed by atoms with Gasteiger partial charge in [-0.25, -0.2) is 12.7 Å². The van der Waals surface area contributed by atoms with Crippen LogP contribution in [-0.4, -0.2) is 112 Å². The SMILES string of the molecule is CCN(CC)S(=O)(=O)CC(=O)N1CCN(C(=O)CNS(=O)(=O)N(C)C)CC12CCC2. The third kappa shape index (κ3) is 5.31. The lowest BCUT2D eigenvalue weighted by Crippen LogP contribution is -2.69. The van der Waals surface area contributed by atoms with Crippen LogP contribution in [0.4, 0.5) is 0 Å². The minimum Gasteiger partial charge on any atom is -0.337 e. The van der Waals surface area contributed by atoms with E-state index >= 15 is 0 Å². The van der Waals surface area contributed by atoms with Gasteiger partial charge in [0.15, 0.2) is 0 Å². The highest BCUT2D eigenvalue weighted by atomic mass is 32.2. The van der Waals surface area contributed by atoms with Crippen LogP contribution >= 0.6 is 0 Å². The quantitative estimate of drug-likeness (QED) is 0.447. The van der Waals surface area contributed by atoms with E-state index in [1.165, 1.54) is 18.4 Å². The van der Waals surface area contributed by atoms with Crippen molar-refractivity contribution in [2.45, 2.75) is 38.6 Å². The van der Waals surface area contributed by atoms with Crippen molar-refractivity contribution in [2.24, 2.45) is 0 Å². The van der Waals surface area contributed by atoms with Gasteiger partial charge in [0, 0.05) is 46.8 Å². The molecule has 1 aliphatic carbocycles. The van der Waals surface area contributed by atoms with E-state index in [9.17, 15) is 26.4 Å². The Kier molecular flexibility index (Phi) is 7.89. The molecule has 0 aromatic carbocycles. The molecule has 0 aromatic rings. The molecule has 1 saturated carbocycles. The molecule has 1 saturated heterocycles. The van der Waals surface area contributed by atoms with Crippen molar-refractivity contribution in [3.8, 4) is 0 Å². The normalized spacial score (nSPS) is 19.4. The molecule has 1 spiro atoms. The Morgan fingerprint density at radius 3 is 2.07 bits per heavy atom. The number of carbonyl (C=O) groups excluding carboxylic acids is 2. The van der Waals surface area contributed by atoms with Gasteiger partial charge in [-0.05, 0) is 19.3 Å². The number of piperazine rings is 1. The van der Waals surface area contributed by atoms with E-state index < -0.39 is 37.4 Å². The second-order valence-electron chi connectivity index (χ2n) is 7.89. The summed E-state index contributed by atoms with van der Waals surface area (Å²) in [5.41, 5.74) is -0.565. The Hall–Kier alpha value is -1.28. The van der Waals surface area contributed by atoms with Gasteiger partial charge in [-0.1, -0.05) is 13.8 Å². The second-order valence-corrected chi connectivity index (χ2v) is 11.8. The van der Waals surface area contributed by atoms with E-state index in [4.69, 9.17) is 0 Å². The Morgan fingerprint density at radius 2 is 1.60 bits per heavy atom. The Bertz CT molecular complexity index is 850. The van der Waals surface area contributed by atoms with Gasteiger partial charge in [-0.15, -0.1) is 0 Å². The molecule has 2 rings (SSSR count). The van der Waals surface area contributed by atoms with Gasteiger partial charge in [0.05, 0.1) is 12.1 Å². The van der Waals surface area contributed by atoms with Crippen molar-refractivity contribution < 1.29 is 26.4 Å². The summed E-state index contributed by atoms with van der Waals surface area (Å²) in [6.07, 6.45) is 2.27. The van der Waals surface area contributed by atoms with E-state index in [0.717, 1.165) is 10.7 Å². The van der Waals surface area contributed by atoms with Crippen LogP contribution in [0, 0.1) is 0 Å². The summed E-state index contributed by atoms with van der Waals surface area (Å²) in [6, 6.07) is 0. The van der Waals surface area contributed by atoms with Crippen molar-refractivity contribution in [3.05, 3.63) is 0 Å². The highest BCUT2D eigenvalue weighted by Gasteiger charge is 2.49. The lowest BCUT2D eigenvalue weighted by molar-refractivity contribution is -0.153. The summed E-state index contributed by atoms with van der Waals surface area (Å²) in [6.45, 7) is 4.47. The zero-order chi connectivity index (χ0) is 22.7. The molecule has 1 heterocycles. The van der Waals surface area contributed by atoms with Crippen molar-refractivity contribution in [2.75, 3.05) is 59.1 Å². The molecule has 30 heavy (non-hydrogen) atoms. The summed E-state index contributed by atoms with van der Waals surface area (Å²) in [7, 11) is -4.66. The zero-order valence-electron chi connectivity index (χ0n) is 18.1. The number of hydrogen-bond acceptors (Lipinski definition) is 6. The van der Waals surface area contributed by atoms with Gasteiger partial charge in [-0.3, -0.25) is 9.59 Å². The fourth-order valence-electron chi connectivity index (χ4n) is 3.93. The van der Waals surface area contributed by atoms with Crippen LogP contribution in [-0.2, 0) is 29.8 Å². The monoisotopic (exact) mass is 467 g/mol. The molecule has 2 fully saturated rings. The molecule has 0 unspecified atom stereocenters. The summed E-state index contributed by atoms with van der Waals surface area (Å²) in [4.78, 5) is 28.6. The van der Waals surface area contributed by atoms with Crippen LogP contribution in [0.2, 0.25) is 0 Å². The number of nitrogens with one attached hydrogen (secondary N) is 1. The summed E-state index contributed by atoms with van der Waals surface area (Å²) in [5, 5.41) is 0. The first kappa shape index (κ1) is 25.0. The van der Waals surface area contributed by atoms with Gasteiger partial charge < -0.3 is 9.80 Å². The first-order chi connectivity index (χ1) is 13.9. The fraction of sp³-hybridized carbons (Fsp3) is 0.882. The van der Waals surface area contributed by atoms with Gasteiger partial charge in [0.1, 0.15) is 5.75 Å². The van der Waals surface area contributed by atoms with Crippen molar-refractivity contribution in [1.29, 1.82) is 0 Å². The molecule has 13 heteroatoms. The summed E-state index contributed by atoms with van der Waals surface area (Å²) < 4.78 is 53.2. The van der Waals surface area contributed by atoms with Gasteiger partial charge in [0.25, 0.3) is 10.2 Å². The lowest BCUT2D eigenvalue weighted by Gasteiger charge is -2.56. The van der Waals surface area contributed by atoms with E-state index in [1.54, 1.807) is 23.6 Å². The lowest BCUT2D eigenvalue weighted by atomic mass is 9.73. The van der Waals surface area contributed by atoms with E-state index in [0.29, 0.717) is 25.9 Å². The summed E-state index contributed by atoms with van der Waals surface area (Å²) >= 11 is 0. The first-order valence-corrected chi connectivity index (χ1v) is 13.2. The molecule has 1 N–H and O–H groups in total. The Morgan fingerprint density at radius 1 is 1.00 bits per heavy atom. The third-order valence-electron chi connectivity index (χ3n) is 5.88. The number of hydrogen-bond donors (Lipinski definition) is 1. The standard InChI is InChI=1S/C17H33N5O6S2/c1-5-21(6-2)29(25,26)13-16(24)22-11-10-20(14-17(22)8-7-9-17)15(23)12-18-30(27,28)19(3)4/h18H,5-14H2,1-4H3. The van der Waals surface area contributed by atoms with Crippen LogP contribution in [0.25, 0.3) is 0 Å². The largest absolute Gasteiger partial charge is 0.337 e. The van der Waals surface area contributed by atoms with Crippen LogP contribution in [0.3, 0.4) is 0 Å². The van der Waals surface area contributed by atoms with Crippen LogP contribution < -0.4 is 4.72 Å². The van der Waals surface area contributed by atoms with Crippen LogP contribution in [0.15, 0.2) is 0 Å². The molecular formula is C17H33N5O6S2. The predicted octanol–water partition coefficient (Wildman–Crippen LogP) is -1.35. The minimum atomic E-state index is -3.71. The maximum atomic E-state index is 12.9. The smallest absolute Gasteiger partial charge is 0.279 e. The highest BCUT2D eigenvalue weighted by molar-refractivity contribution is 7.89. The molecule has 2 amide bonds. The minimum absolute atomic E-state index is 0.235. The molecule has 0 radical (unpaired) electrons. The maximum absolute atomic E-state index is 12.9. The number of rotatable bonds is 9. The Labute approximate surface area is 179 Å². The molecule has 2 aliphatic rings. The Balaban J connectivity index is 2.05. The van der Waals surface area contributed by atoms with Crippen molar-refractivity contribution >= 4 is 32.0 Å². The van der Waals surface area contributed by atoms with E-state index in [-0.39, 0.29) is 32.1 Å². The maximum Gasteiger partial charge on any atom is 0.279 e. The first-order valence-electron chi connectivity index (χ1n) is 10.1. The number of sulfonamides is 1. The van der Waals surface area contributed by atoms with Gasteiger partial charge in [0.2, 0.25) is 21.8 Å². The summed E-state index contributed by atoms with van der Waals surface area (Å²) in [5.74, 6) is -1.39. The fourth-order valence-corrected chi connectivity index (χ4v) is 5.93. The topological polar surface area (TPSA) is 127 Å². The predicted molar refractivity (Wildman–Crippen MR) is 112 cm³/mol. The molecule has 0 aromatic heterocycles. The molecular weight excluding hydrogens is 434 g/mol. The average Bonchev–Trinajstić information content (AvgIpc) is 2.64. The van der Waals surface area contributed by atoms with Crippen molar-refractivity contribution in [3.63, 3.8) is 0 Å². The average molecular weight is 468 g/mol. The number of carbonyl (C=O) groups is 2. The van der Waals surface area contributed by atoms with Crippen LogP contribution in [0.1, 0.15) is 33.1 Å². The second kappa shape index (κ2) is 9.47. The van der Waals surface area contributed by atoms with Gasteiger partial charge >= 0.3 is 0 Å². The van der Waals surface area contributed by atoms with E-state index in [1.807, 2.05) is 0 Å². The van der Waals surface area contributed by atoms with Crippen LogP contribution in [0.5, 0.6) is 0 Å². The molecule has 0 bridgehead atoms.